The molecular formula is C10H14N2O4. The van der Waals surface area contributed by atoms with Crippen LogP contribution in [0.3, 0.4) is 0 Å². The molecule has 0 aliphatic rings. The van der Waals surface area contributed by atoms with Crippen LogP contribution in [0.25, 0.3) is 0 Å². The molecule has 0 aliphatic carbocycles. The van der Waals surface area contributed by atoms with Crippen molar-refractivity contribution in [1.29, 1.82) is 0 Å². The quantitative estimate of drug-likeness (QED) is 0.650. The van der Waals surface area contributed by atoms with E-state index in [4.69, 9.17) is 5.11 Å². The van der Waals surface area contributed by atoms with Gasteiger partial charge in [0.2, 0.25) is 0 Å². The van der Waals surface area contributed by atoms with E-state index < -0.39 is 24.0 Å². The van der Waals surface area contributed by atoms with Crippen LogP contribution in [0, 0.1) is 0 Å². The fourth-order valence-electron chi connectivity index (χ4n) is 1.30. The average Bonchev–Trinajstić information content (AvgIpc) is 2.59. The maximum absolute atomic E-state index is 11.6. The molecular weight excluding hydrogens is 212 g/mol. The summed E-state index contributed by atoms with van der Waals surface area (Å²) >= 11 is 0. The third-order valence-corrected chi connectivity index (χ3v) is 2.21. The Bertz CT molecular complexity index is 397. The van der Waals surface area contributed by atoms with E-state index in [1.807, 2.05) is 0 Å². The summed E-state index contributed by atoms with van der Waals surface area (Å²) in [7, 11) is 1.67. The predicted octanol–water partition coefficient (Wildman–Crippen LogP) is -0.411. The molecule has 0 saturated heterocycles. The summed E-state index contributed by atoms with van der Waals surface area (Å²) in [5.74, 6) is -1.79. The lowest BCUT2D eigenvalue weighted by Crippen LogP contribution is -2.47. The number of aromatic nitrogens is 1. The Morgan fingerprint density at radius 1 is 1.50 bits per heavy atom. The van der Waals surface area contributed by atoms with E-state index in [1.54, 1.807) is 29.9 Å². The third kappa shape index (κ3) is 2.60. The van der Waals surface area contributed by atoms with Gasteiger partial charge in [-0.15, -0.1) is 0 Å². The van der Waals surface area contributed by atoms with Crippen molar-refractivity contribution in [3.05, 3.63) is 24.0 Å². The first-order valence-electron chi connectivity index (χ1n) is 4.76. The zero-order chi connectivity index (χ0) is 12.3. The van der Waals surface area contributed by atoms with Gasteiger partial charge in [-0.05, 0) is 19.1 Å². The Labute approximate surface area is 92.5 Å². The molecule has 1 rings (SSSR count). The summed E-state index contributed by atoms with van der Waals surface area (Å²) in [6.07, 6.45) is 0.522. The largest absolute Gasteiger partial charge is 0.480 e. The van der Waals surface area contributed by atoms with E-state index in [9.17, 15) is 14.7 Å². The second-order valence-corrected chi connectivity index (χ2v) is 3.53. The molecule has 0 aliphatic heterocycles. The number of hydrogen-bond donors (Lipinski definition) is 3. The fraction of sp³-hybridized carbons (Fsp3) is 0.400. The Balaban J connectivity index is 2.77. The first-order chi connectivity index (χ1) is 7.43. The summed E-state index contributed by atoms with van der Waals surface area (Å²) in [6, 6.07) is 1.94. The summed E-state index contributed by atoms with van der Waals surface area (Å²) in [4.78, 5) is 22.4. The molecule has 0 aromatic carbocycles. The SMILES string of the molecule is CC(O)C(NC(=O)c1cccn1C)C(=O)O. The number of carbonyl (C=O) groups is 2. The Kier molecular flexibility index (Phi) is 3.68. The molecule has 0 fully saturated rings. The molecule has 3 N–H and O–H groups in total. The van der Waals surface area contributed by atoms with Crippen LogP contribution < -0.4 is 5.32 Å². The van der Waals surface area contributed by atoms with Crippen molar-refractivity contribution in [2.75, 3.05) is 0 Å². The van der Waals surface area contributed by atoms with Crippen molar-refractivity contribution < 1.29 is 19.8 Å². The van der Waals surface area contributed by atoms with Gasteiger partial charge < -0.3 is 20.1 Å². The van der Waals surface area contributed by atoms with Gasteiger partial charge in [0, 0.05) is 13.2 Å². The van der Waals surface area contributed by atoms with Crippen LogP contribution in [-0.4, -0.2) is 38.8 Å². The predicted molar refractivity (Wildman–Crippen MR) is 56.0 cm³/mol. The van der Waals surface area contributed by atoms with Crippen molar-refractivity contribution in [1.82, 2.24) is 9.88 Å². The molecule has 0 spiro atoms. The number of nitrogens with one attached hydrogen (secondary N) is 1. The Morgan fingerprint density at radius 3 is 2.50 bits per heavy atom. The number of nitrogens with zero attached hydrogens (tertiary/aromatic N) is 1. The van der Waals surface area contributed by atoms with Crippen LogP contribution in [0.15, 0.2) is 18.3 Å². The molecule has 0 saturated carbocycles. The van der Waals surface area contributed by atoms with Crippen LogP contribution in [0.2, 0.25) is 0 Å². The van der Waals surface area contributed by atoms with E-state index in [0.29, 0.717) is 5.69 Å². The molecule has 1 amide bonds. The number of aliphatic hydroxyl groups is 1. The Morgan fingerprint density at radius 2 is 2.12 bits per heavy atom. The van der Waals surface area contributed by atoms with Crippen molar-refractivity contribution >= 4 is 11.9 Å². The lowest BCUT2D eigenvalue weighted by Gasteiger charge is -2.17. The maximum atomic E-state index is 11.6. The first-order valence-corrected chi connectivity index (χ1v) is 4.76. The van der Waals surface area contributed by atoms with Crippen LogP contribution in [0.4, 0.5) is 0 Å². The van der Waals surface area contributed by atoms with Crippen LogP contribution in [0.5, 0.6) is 0 Å². The van der Waals surface area contributed by atoms with Crippen molar-refractivity contribution in [2.45, 2.75) is 19.1 Å². The lowest BCUT2D eigenvalue weighted by molar-refractivity contribution is -0.141. The van der Waals surface area contributed by atoms with E-state index in [-0.39, 0.29) is 0 Å². The van der Waals surface area contributed by atoms with Crippen molar-refractivity contribution in [3.8, 4) is 0 Å². The average molecular weight is 226 g/mol. The smallest absolute Gasteiger partial charge is 0.328 e. The molecule has 2 atom stereocenters. The topological polar surface area (TPSA) is 91.6 Å². The van der Waals surface area contributed by atoms with Crippen LogP contribution in [0.1, 0.15) is 17.4 Å². The van der Waals surface area contributed by atoms with Gasteiger partial charge >= 0.3 is 5.97 Å². The zero-order valence-corrected chi connectivity index (χ0v) is 9.04. The Hall–Kier alpha value is -1.82. The number of aliphatic hydroxyl groups excluding tert-OH is 1. The molecule has 6 nitrogen and oxygen atoms in total. The van der Waals surface area contributed by atoms with Gasteiger partial charge in [-0.1, -0.05) is 0 Å². The van der Waals surface area contributed by atoms with Gasteiger partial charge in [-0.25, -0.2) is 4.79 Å². The number of amides is 1. The van der Waals surface area contributed by atoms with Gasteiger partial charge in [0.1, 0.15) is 5.69 Å². The number of aliphatic carboxylic acids is 1. The summed E-state index contributed by atoms with van der Waals surface area (Å²) in [5.41, 5.74) is 0.340. The highest BCUT2D eigenvalue weighted by molar-refractivity contribution is 5.95. The fourth-order valence-corrected chi connectivity index (χ4v) is 1.30. The maximum Gasteiger partial charge on any atom is 0.328 e. The first kappa shape index (κ1) is 12.3. The molecule has 0 radical (unpaired) electrons. The molecule has 1 aromatic rings. The monoisotopic (exact) mass is 226 g/mol. The zero-order valence-electron chi connectivity index (χ0n) is 9.04. The molecule has 6 heteroatoms. The number of aryl methyl sites for hydroxylation is 1. The van der Waals surface area contributed by atoms with Gasteiger partial charge in [0.15, 0.2) is 6.04 Å². The standard InChI is InChI=1S/C10H14N2O4/c1-6(13)8(10(15)16)11-9(14)7-4-3-5-12(7)2/h3-6,8,13H,1-2H3,(H,11,14)(H,15,16). The van der Waals surface area contributed by atoms with Crippen molar-refractivity contribution in [3.63, 3.8) is 0 Å². The summed E-state index contributed by atoms with van der Waals surface area (Å²) in [6.45, 7) is 1.31. The number of carboxylic acids is 1. The second kappa shape index (κ2) is 4.80. The third-order valence-electron chi connectivity index (χ3n) is 2.21. The van der Waals surface area contributed by atoms with Crippen LogP contribution in [-0.2, 0) is 11.8 Å². The molecule has 1 aromatic heterocycles. The van der Waals surface area contributed by atoms with E-state index >= 15 is 0 Å². The highest BCUT2D eigenvalue weighted by atomic mass is 16.4. The lowest BCUT2D eigenvalue weighted by atomic mass is 10.2. The van der Waals surface area contributed by atoms with Gasteiger partial charge in [-0.3, -0.25) is 4.79 Å². The van der Waals surface area contributed by atoms with Crippen molar-refractivity contribution in [2.24, 2.45) is 7.05 Å². The van der Waals surface area contributed by atoms with E-state index in [0.717, 1.165) is 0 Å². The van der Waals surface area contributed by atoms with Gasteiger partial charge in [-0.2, -0.15) is 0 Å². The number of carbonyl (C=O) groups excluding carboxylic acids is 1. The normalized spacial score (nSPS) is 14.2. The molecule has 0 bridgehead atoms. The minimum atomic E-state index is -1.30. The second-order valence-electron chi connectivity index (χ2n) is 3.53. The highest BCUT2D eigenvalue weighted by Gasteiger charge is 2.25. The minimum Gasteiger partial charge on any atom is -0.480 e. The molecule has 2 unspecified atom stereocenters. The highest BCUT2D eigenvalue weighted by Crippen LogP contribution is 2.01. The van der Waals surface area contributed by atoms with Gasteiger partial charge in [0.25, 0.3) is 5.91 Å². The van der Waals surface area contributed by atoms with E-state index in [2.05, 4.69) is 5.32 Å². The summed E-state index contributed by atoms with van der Waals surface area (Å²) in [5, 5.41) is 20.2. The number of hydrogen-bond acceptors (Lipinski definition) is 3. The van der Waals surface area contributed by atoms with Gasteiger partial charge in [0.05, 0.1) is 6.10 Å². The number of carboxylic acid groups (broad SMARTS) is 1. The molecule has 88 valence electrons. The van der Waals surface area contributed by atoms with E-state index in [1.165, 1.54) is 6.92 Å². The molecule has 1 heterocycles. The number of rotatable bonds is 4. The minimum absolute atomic E-state index is 0.340. The molecule has 16 heavy (non-hydrogen) atoms. The van der Waals surface area contributed by atoms with Crippen LogP contribution >= 0.6 is 0 Å². The summed E-state index contributed by atoms with van der Waals surface area (Å²) < 4.78 is 1.57.